The highest BCUT2D eigenvalue weighted by Crippen LogP contribution is 2.23. The van der Waals surface area contributed by atoms with Crippen LogP contribution in [0.4, 0.5) is 10.5 Å². The third kappa shape index (κ3) is 5.72. The minimum atomic E-state index is -0.476. The molecule has 7 heteroatoms. The van der Waals surface area contributed by atoms with Crippen molar-refractivity contribution >= 4 is 17.6 Å². The van der Waals surface area contributed by atoms with E-state index in [0.29, 0.717) is 13.2 Å². The number of carbonyl (C=O) groups is 2. The molecule has 0 aromatic heterocycles. The third-order valence-electron chi connectivity index (χ3n) is 4.50. The second-order valence-corrected chi connectivity index (χ2v) is 6.28. The molecule has 0 spiro atoms. The van der Waals surface area contributed by atoms with Gasteiger partial charge >= 0.3 is 6.03 Å². The van der Waals surface area contributed by atoms with Gasteiger partial charge in [0.25, 0.3) is 0 Å². The molecule has 0 radical (unpaired) electrons. The van der Waals surface area contributed by atoms with Crippen molar-refractivity contribution in [3.8, 4) is 0 Å². The zero-order chi connectivity index (χ0) is 18.2. The van der Waals surface area contributed by atoms with E-state index < -0.39 is 6.03 Å². The van der Waals surface area contributed by atoms with E-state index in [1.807, 2.05) is 0 Å². The molecule has 1 aliphatic rings. The SMILES string of the molecule is COCCNC(=O)NC(=O)CN1CCN(c2cccc(C)c2C)CC1. The van der Waals surface area contributed by atoms with E-state index >= 15 is 0 Å². The van der Waals surface area contributed by atoms with Crippen LogP contribution in [-0.2, 0) is 9.53 Å². The lowest BCUT2D eigenvalue weighted by molar-refractivity contribution is -0.121. The predicted molar refractivity (Wildman–Crippen MR) is 98.0 cm³/mol. The number of ether oxygens (including phenoxy) is 1. The molecule has 1 heterocycles. The summed E-state index contributed by atoms with van der Waals surface area (Å²) in [6.07, 6.45) is 0. The number of hydrogen-bond donors (Lipinski definition) is 2. The monoisotopic (exact) mass is 348 g/mol. The summed E-state index contributed by atoms with van der Waals surface area (Å²) >= 11 is 0. The lowest BCUT2D eigenvalue weighted by Crippen LogP contribution is -2.51. The first-order chi connectivity index (χ1) is 12.0. The summed E-state index contributed by atoms with van der Waals surface area (Å²) in [5.74, 6) is -0.282. The topological polar surface area (TPSA) is 73.9 Å². The number of methoxy groups -OCH3 is 1. The van der Waals surface area contributed by atoms with Crippen molar-refractivity contribution in [2.45, 2.75) is 13.8 Å². The summed E-state index contributed by atoms with van der Waals surface area (Å²) < 4.78 is 4.84. The van der Waals surface area contributed by atoms with Crippen LogP contribution in [0.5, 0.6) is 0 Å². The summed E-state index contributed by atoms with van der Waals surface area (Å²) in [7, 11) is 1.56. The number of urea groups is 1. The molecule has 2 N–H and O–H groups in total. The summed E-state index contributed by atoms with van der Waals surface area (Å²) in [6, 6.07) is 5.88. The number of carbonyl (C=O) groups excluding carboxylic acids is 2. The first kappa shape index (κ1) is 19.2. The van der Waals surface area contributed by atoms with Crippen molar-refractivity contribution < 1.29 is 14.3 Å². The van der Waals surface area contributed by atoms with E-state index in [9.17, 15) is 9.59 Å². The van der Waals surface area contributed by atoms with Crippen LogP contribution in [0.15, 0.2) is 18.2 Å². The Labute approximate surface area is 149 Å². The summed E-state index contributed by atoms with van der Waals surface area (Å²) in [4.78, 5) is 27.9. The standard InChI is InChI=1S/C18H28N4O3/c1-14-5-4-6-16(15(14)2)22-10-8-21(9-11-22)13-17(23)20-18(24)19-7-12-25-3/h4-6H,7-13H2,1-3H3,(H2,19,20,23,24). The van der Waals surface area contributed by atoms with Gasteiger partial charge in [0.1, 0.15) is 0 Å². The van der Waals surface area contributed by atoms with E-state index in [2.05, 4.69) is 52.5 Å². The van der Waals surface area contributed by atoms with Crippen LogP contribution in [0.3, 0.4) is 0 Å². The second-order valence-electron chi connectivity index (χ2n) is 6.28. The maximum Gasteiger partial charge on any atom is 0.321 e. The van der Waals surface area contributed by atoms with E-state index in [0.717, 1.165) is 26.2 Å². The number of nitrogens with zero attached hydrogens (tertiary/aromatic N) is 2. The first-order valence-electron chi connectivity index (χ1n) is 8.61. The quantitative estimate of drug-likeness (QED) is 0.747. The van der Waals surface area contributed by atoms with Crippen LogP contribution in [0.1, 0.15) is 11.1 Å². The molecule has 1 aromatic rings. The Bertz CT molecular complexity index is 598. The predicted octanol–water partition coefficient (Wildman–Crippen LogP) is 0.898. The van der Waals surface area contributed by atoms with Crippen molar-refractivity contribution in [3.63, 3.8) is 0 Å². The molecular weight excluding hydrogens is 320 g/mol. The fourth-order valence-corrected chi connectivity index (χ4v) is 2.91. The Morgan fingerprint density at radius 3 is 2.56 bits per heavy atom. The number of hydrogen-bond acceptors (Lipinski definition) is 5. The summed E-state index contributed by atoms with van der Waals surface area (Å²) in [6.45, 7) is 8.64. The van der Waals surface area contributed by atoms with Gasteiger partial charge in [-0.25, -0.2) is 4.79 Å². The molecule has 1 saturated heterocycles. The Balaban J connectivity index is 1.75. The van der Waals surface area contributed by atoms with Crippen LogP contribution < -0.4 is 15.5 Å². The molecular formula is C18H28N4O3. The van der Waals surface area contributed by atoms with E-state index in [-0.39, 0.29) is 12.5 Å². The number of rotatable bonds is 6. The van der Waals surface area contributed by atoms with Gasteiger partial charge in [0.05, 0.1) is 13.2 Å². The fourth-order valence-electron chi connectivity index (χ4n) is 2.91. The molecule has 1 fully saturated rings. The van der Waals surface area contributed by atoms with Crippen LogP contribution in [0.2, 0.25) is 0 Å². The highest BCUT2D eigenvalue weighted by molar-refractivity contribution is 5.95. The number of piperazine rings is 1. The number of amides is 3. The van der Waals surface area contributed by atoms with Crippen LogP contribution in [-0.4, -0.2) is 69.8 Å². The highest BCUT2D eigenvalue weighted by atomic mass is 16.5. The molecule has 1 aromatic carbocycles. The largest absolute Gasteiger partial charge is 0.383 e. The Kier molecular flexibility index (Phi) is 7.21. The van der Waals surface area contributed by atoms with Crippen LogP contribution in [0.25, 0.3) is 0 Å². The molecule has 0 unspecified atom stereocenters. The molecule has 0 aliphatic carbocycles. The minimum absolute atomic E-state index is 0.234. The van der Waals surface area contributed by atoms with Gasteiger partial charge in [-0.05, 0) is 31.0 Å². The number of benzene rings is 1. The average molecular weight is 348 g/mol. The number of aryl methyl sites for hydroxylation is 1. The molecule has 0 atom stereocenters. The fraction of sp³-hybridized carbons (Fsp3) is 0.556. The lowest BCUT2D eigenvalue weighted by atomic mass is 10.1. The average Bonchev–Trinajstić information content (AvgIpc) is 2.58. The summed E-state index contributed by atoms with van der Waals surface area (Å²) in [5, 5.41) is 4.91. The Hall–Kier alpha value is -2.12. The second kappa shape index (κ2) is 9.39. The van der Waals surface area contributed by atoms with Gasteiger partial charge in [-0.2, -0.15) is 0 Å². The minimum Gasteiger partial charge on any atom is -0.383 e. The van der Waals surface area contributed by atoms with Crippen molar-refractivity contribution in [2.75, 3.05) is 57.9 Å². The molecule has 0 saturated carbocycles. The molecule has 25 heavy (non-hydrogen) atoms. The molecule has 1 aliphatic heterocycles. The smallest absolute Gasteiger partial charge is 0.321 e. The first-order valence-corrected chi connectivity index (χ1v) is 8.61. The normalized spacial score (nSPS) is 15.1. The van der Waals surface area contributed by atoms with E-state index in [1.165, 1.54) is 16.8 Å². The number of imide groups is 1. The zero-order valence-electron chi connectivity index (χ0n) is 15.3. The molecule has 0 bridgehead atoms. The number of nitrogens with one attached hydrogen (secondary N) is 2. The molecule has 2 rings (SSSR count). The third-order valence-corrected chi connectivity index (χ3v) is 4.50. The lowest BCUT2D eigenvalue weighted by Gasteiger charge is -2.36. The summed E-state index contributed by atoms with van der Waals surface area (Å²) in [5.41, 5.74) is 3.86. The van der Waals surface area contributed by atoms with Crippen molar-refractivity contribution in [2.24, 2.45) is 0 Å². The zero-order valence-corrected chi connectivity index (χ0v) is 15.3. The van der Waals surface area contributed by atoms with Crippen molar-refractivity contribution in [1.82, 2.24) is 15.5 Å². The van der Waals surface area contributed by atoms with Crippen molar-refractivity contribution in [3.05, 3.63) is 29.3 Å². The van der Waals surface area contributed by atoms with Gasteiger partial charge in [0, 0.05) is 45.5 Å². The van der Waals surface area contributed by atoms with Gasteiger partial charge in [0.2, 0.25) is 5.91 Å². The highest BCUT2D eigenvalue weighted by Gasteiger charge is 2.21. The maximum absolute atomic E-state index is 11.9. The maximum atomic E-state index is 11.9. The van der Waals surface area contributed by atoms with Crippen molar-refractivity contribution in [1.29, 1.82) is 0 Å². The van der Waals surface area contributed by atoms with E-state index in [1.54, 1.807) is 7.11 Å². The molecule has 7 nitrogen and oxygen atoms in total. The van der Waals surface area contributed by atoms with Gasteiger partial charge in [-0.1, -0.05) is 12.1 Å². The van der Waals surface area contributed by atoms with Gasteiger partial charge < -0.3 is 15.0 Å². The molecule has 138 valence electrons. The van der Waals surface area contributed by atoms with Crippen LogP contribution in [0, 0.1) is 13.8 Å². The number of anilines is 1. The van der Waals surface area contributed by atoms with Gasteiger partial charge in [-0.15, -0.1) is 0 Å². The van der Waals surface area contributed by atoms with Crippen LogP contribution >= 0.6 is 0 Å². The van der Waals surface area contributed by atoms with Gasteiger partial charge in [-0.3, -0.25) is 15.0 Å². The van der Waals surface area contributed by atoms with Gasteiger partial charge in [0.15, 0.2) is 0 Å². The molecule has 3 amide bonds. The Morgan fingerprint density at radius 1 is 1.16 bits per heavy atom. The Morgan fingerprint density at radius 2 is 1.88 bits per heavy atom. The van der Waals surface area contributed by atoms with E-state index in [4.69, 9.17) is 4.74 Å².